The zero-order valence-electron chi connectivity index (χ0n) is 17.1. The van der Waals surface area contributed by atoms with Gasteiger partial charge in [0.15, 0.2) is 6.61 Å². The monoisotopic (exact) mass is 414 g/mol. The molecular formula is C22H26N2O6. The number of carbonyl (C=O) groups is 3. The van der Waals surface area contributed by atoms with E-state index in [2.05, 4.69) is 10.6 Å². The smallest absolute Gasteiger partial charge is 0.338 e. The molecule has 0 aliphatic rings. The van der Waals surface area contributed by atoms with Crippen molar-refractivity contribution in [3.63, 3.8) is 0 Å². The third kappa shape index (κ3) is 8.22. The Balaban J connectivity index is 1.64. The second-order valence-electron chi connectivity index (χ2n) is 6.29. The molecule has 8 nitrogen and oxygen atoms in total. The summed E-state index contributed by atoms with van der Waals surface area (Å²) in [6.07, 6.45) is 0. The van der Waals surface area contributed by atoms with E-state index in [1.165, 1.54) is 6.92 Å². The third-order valence-electron chi connectivity index (χ3n) is 3.89. The Labute approximate surface area is 175 Å². The number of carbonyl (C=O) groups excluding carboxylic acids is 3. The first-order chi connectivity index (χ1) is 14.5. The molecule has 0 spiro atoms. The van der Waals surface area contributed by atoms with Gasteiger partial charge in [-0.25, -0.2) is 4.79 Å². The largest absolute Gasteiger partial charge is 0.494 e. The summed E-state index contributed by atoms with van der Waals surface area (Å²) in [6.45, 7) is 4.51. The van der Waals surface area contributed by atoms with Crippen molar-refractivity contribution in [2.45, 2.75) is 20.4 Å². The summed E-state index contributed by atoms with van der Waals surface area (Å²) in [5, 5.41) is 5.29. The van der Waals surface area contributed by atoms with E-state index >= 15 is 0 Å². The summed E-state index contributed by atoms with van der Waals surface area (Å²) in [5.41, 5.74) is 1.18. The van der Waals surface area contributed by atoms with Gasteiger partial charge in [0.1, 0.15) is 18.1 Å². The van der Waals surface area contributed by atoms with Crippen LogP contribution in [-0.4, -0.2) is 44.1 Å². The van der Waals surface area contributed by atoms with Gasteiger partial charge in [-0.05, 0) is 48.9 Å². The van der Waals surface area contributed by atoms with Crippen molar-refractivity contribution < 1.29 is 28.6 Å². The fraction of sp³-hybridized carbons (Fsp3) is 0.318. The molecule has 0 saturated heterocycles. The zero-order valence-corrected chi connectivity index (χ0v) is 17.1. The summed E-state index contributed by atoms with van der Waals surface area (Å²) >= 11 is 0. The van der Waals surface area contributed by atoms with Crippen LogP contribution in [0.5, 0.6) is 11.5 Å². The quantitative estimate of drug-likeness (QED) is 0.431. The van der Waals surface area contributed by atoms with Gasteiger partial charge < -0.3 is 24.8 Å². The fourth-order valence-electron chi connectivity index (χ4n) is 2.41. The highest BCUT2D eigenvalue weighted by Gasteiger charge is 2.10. The van der Waals surface area contributed by atoms with Gasteiger partial charge >= 0.3 is 5.97 Å². The molecule has 0 atom stereocenters. The van der Waals surface area contributed by atoms with Crippen molar-refractivity contribution in [3.8, 4) is 11.5 Å². The van der Waals surface area contributed by atoms with E-state index in [-0.39, 0.29) is 25.7 Å². The molecule has 8 heteroatoms. The summed E-state index contributed by atoms with van der Waals surface area (Å²) in [5.74, 6) is 0.292. The van der Waals surface area contributed by atoms with E-state index in [4.69, 9.17) is 14.2 Å². The molecule has 0 fully saturated rings. The molecule has 2 rings (SSSR count). The Bertz CT molecular complexity index is 834. The molecule has 30 heavy (non-hydrogen) atoms. The molecule has 0 aliphatic carbocycles. The Morgan fingerprint density at radius 3 is 2.10 bits per heavy atom. The summed E-state index contributed by atoms with van der Waals surface area (Å²) < 4.78 is 15.9. The Morgan fingerprint density at radius 1 is 0.867 bits per heavy atom. The Morgan fingerprint density at radius 2 is 1.50 bits per heavy atom. The second kappa shape index (κ2) is 12.1. The lowest BCUT2D eigenvalue weighted by Gasteiger charge is -2.09. The molecule has 0 aliphatic heterocycles. The van der Waals surface area contributed by atoms with E-state index < -0.39 is 11.9 Å². The van der Waals surface area contributed by atoms with Crippen LogP contribution in [0.15, 0.2) is 48.5 Å². The van der Waals surface area contributed by atoms with Gasteiger partial charge in [0.25, 0.3) is 5.91 Å². The van der Waals surface area contributed by atoms with E-state index in [1.54, 1.807) is 36.4 Å². The number of hydrogen-bond donors (Lipinski definition) is 2. The summed E-state index contributed by atoms with van der Waals surface area (Å²) in [7, 11) is 0. The van der Waals surface area contributed by atoms with Gasteiger partial charge in [0, 0.05) is 13.5 Å². The molecule has 0 unspecified atom stereocenters. The van der Waals surface area contributed by atoms with Crippen molar-refractivity contribution in [3.05, 3.63) is 59.7 Å². The number of rotatable bonds is 11. The van der Waals surface area contributed by atoms with E-state index in [0.29, 0.717) is 24.5 Å². The highest BCUT2D eigenvalue weighted by atomic mass is 16.5. The molecule has 0 radical (unpaired) electrons. The number of ether oxygens (including phenoxy) is 3. The minimum Gasteiger partial charge on any atom is -0.494 e. The minimum atomic E-state index is -0.595. The first-order valence-electron chi connectivity index (χ1n) is 9.60. The van der Waals surface area contributed by atoms with Crippen LogP contribution in [0, 0.1) is 0 Å². The minimum absolute atomic E-state index is 0.130. The molecule has 2 amide bonds. The molecule has 0 aromatic heterocycles. The number of hydrogen-bond acceptors (Lipinski definition) is 6. The molecule has 160 valence electrons. The average molecular weight is 414 g/mol. The van der Waals surface area contributed by atoms with Gasteiger partial charge in [-0.1, -0.05) is 12.1 Å². The van der Waals surface area contributed by atoms with Gasteiger partial charge in [-0.15, -0.1) is 0 Å². The molecule has 2 N–H and O–H groups in total. The van der Waals surface area contributed by atoms with Crippen LogP contribution >= 0.6 is 0 Å². The van der Waals surface area contributed by atoms with E-state index in [1.807, 2.05) is 19.1 Å². The Kier molecular flexibility index (Phi) is 9.18. The molecule has 2 aromatic carbocycles. The zero-order chi connectivity index (χ0) is 21.8. The van der Waals surface area contributed by atoms with Gasteiger partial charge in [-0.2, -0.15) is 0 Å². The van der Waals surface area contributed by atoms with Crippen molar-refractivity contribution in [1.29, 1.82) is 0 Å². The highest BCUT2D eigenvalue weighted by Crippen LogP contribution is 2.17. The lowest BCUT2D eigenvalue weighted by molar-refractivity contribution is -0.124. The Hall–Kier alpha value is -3.55. The maximum absolute atomic E-state index is 12.0. The highest BCUT2D eigenvalue weighted by molar-refractivity contribution is 5.91. The summed E-state index contributed by atoms with van der Waals surface area (Å²) in [4.78, 5) is 34.7. The first-order valence-corrected chi connectivity index (χ1v) is 9.60. The van der Waals surface area contributed by atoms with Crippen molar-refractivity contribution >= 4 is 17.8 Å². The van der Waals surface area contributed by atoms with Crippen molar-refractivity contribution in [1.82, 2.24) is 10.6 Å². The van der Waals surface area contributed by atoms with Crippen molar-refractivity contribution in [2.24, 2.45) is 0 Å². The molecule has 0 saturated carbocycles. The lowest BCUT2D eigenvalue weighted by Crippen LogP contribution is -2.32. The first kappa shape index (κ1) is 22.7. The normalized spacial score (nSPS) is 10.1. The lowest BCUT2D eigenvalue weighted by atomic mass is 10.1. The summed E-state index contributed by atoms with van der Waals surface area (Å²) in [6, 6.07) is 13.8. The van der Waals surface area contributed by atoms with E-state index in [9.17, 15) is 14.4 Å². The van der Waals surface area contributed by atoms with E-state index in [0.717, 1.165) is 11.3 Å². The predicted molar refractivity (Wildman–Crippen MR) is 110 cm³/mol. The van der Waals surface area contributed by atoms with Gasteiger partial charge in [-0.3, -0.25) is 9.59 Å². The molecular weight excluding hydrogens is 388 g/mol. The van der Waals surface area contributed by atoms with Gasteiger partial charge in [0.2, 0.25) is 5.91 Å². The standard InChI is InChI=1S/C22H26N2O6/c1-3-28-19-8-10-20(11-9-19)29-13-12-23-21(26)15-30-22(27)18-6-4-17(5-7-18)14-24-16(2)25/h4-11H,3,12-15H2,1-2H3,(H,23,26)(H,24,25). The van der Waals surface area contributed by atoms with Crippen LogP contribution in [-0.2, 0) is 20.9 Å². The molecule has 2 aromatic rings. The van der Waals surface area contributed by atoms with Crippen LogP contribution < -0.4 is 20.1 Å². The topological polar surface area (TPSA) is 103 Å². The SMILES string of the molecule is CCOc1ccc(OCCNC(=O)COC(=O)c2ccc(CNC(C)=O)cc2)cc1. The number of nitrogens with one attached hydrogen (secondary N) is 2. The molecule has 0 bridgehead atoms. The number of esters is 1. The third-order valence-corrected chi connectivity index (χ3v) is 3.89. The number of amides is 2. The second-order valence-corrected chi connectivity index (χ2v) is 6.29. The van der Waals surface area contributed by atoms with Gasteiger partial charge in [0.05, 0.1) is 18.7 Å². The van der Waals surface area contributed by atoms with Crippen LogP contribution in [0.3, 0.4) is 0 Å². The van der Waals surface area contributed by atoms with Crippen LogP contribution in [0.1, 0.15) is 29.8 Å². The average Bonchev–Trinajstić information content (AvgIpc) is 2.75. The number of benzene rings is 2. The van der Waals surface area contributed by atoms with Crippen LogP contribution in [0.4, 0.5) is 0 Å². The molecule has 0 heterocycles. The predicted octanol–water partition coefficient (Wildman–Crippen LogP) is 2.07. The van der Waals surface area contributed by atoms with Crippen LogP contribution in [0.25, 0.3) is 0 Å². The van der Waals surface area contributed by atoms with Crippen LogP contribution in [0.2, 0.25) is 0 Å². The van der Waals surface area contributed by atoms with Crippen molar-refractivity contribution in [2.75, 3.05) is 26.4 Å². The maximum Gasteiger partial charge on any atom is 0.338 e. The maximum atomic E-state index is 12.0. The fourth-order valence-corrected chi connectivity index (χ4v) is 2.41.